The number of allylic oxidation sites excluding steroid dienone is 2. The zero-order chi connectivity index (χ0) is 23.0. The normalized spacial score (nSPS) is 30.9. The lowest BCUT2D eigenvalue weighted by Gasteiger charge is -2.37. The fraction of sp³-hybridized carbons (Fsp3) is 0.320. The van der Waals surface area contributed by atoms with Crippen LogP contribution in [0.4, 0.5) is 10.1 Å². The van der Waals surface area contributed by atoms with Gasteiger partial charge < -0.3 is 0 Å². The van der Waals surface area contributed by atoms with E-state index in [4.69, 9.17) is 23.2 Å². The van der Waals surface area contributed by atoms with Crippen molar-refractivity contribution in [1.29, 1.82) is 0 Å². The van der Waals surface area contributed by atoms with E-state index in [1.54, 1.807) is 0 Å². The van der Waals surface area contributed by atoms with Crippen LogP contribution in [0.3, 0.4) is 0 Å². The molecule has 168 valence electrons. The molecule has 4 aliphatic carbocycles. The van der Waals surface area contributed by atoms with Gasteiger partial charge in [0.15, 0.2) is 0 Å². The first-order valence-corrected chi connectivity index (χ1v) is 11.7. The van der Waals surface area contributed by atoms with Crippen LogP contribution in [0, 0.1) is 41.3 Å². The fourth-order valence-electron chi connectivity index (χ4n) is 5.97. The molecule has 0 aromatic heterocycles. The van der Waals surface area contributed by atoms with Crippen molar-refractivity contribution >= 4 is 46.6 Å². The van der Waals surface area contributed by atoms with Crippen molar-refractivity contribution in [1.82, 2.24) is 4.90 Å². The Morgan fingerprint density at radius 2 is 1.55 bits per heavy atom. The summed E-state index contributed by atoms with van der Waals surface area (Å²) in [6.07, 6.45) is 5.29. The lowest BCUT2D eigenvalue weighted by molar-refractivity contribution is -0.140. The average molecular weight is 485 g/mol. The third-order valence-corrected chi connectivity index (χ3v) is 8.33. The minimum atomic E-state index is -0.473. The van der Waals surface area contributed by atoms with Gasteiger partial charge in [0.25, 0.3) is 5.91 Å². The lowest BCUT2D eigenvalue weighted by atomic mass is 9.63. The molecule has 1 heterocycles. The Kier molecular flexibility index (Phi) is 4.68. The van der Waals surface area contributed by atoms with Crippen molar-refractivity contribution in [2.45, 2.75) is 6.42 Å². The SMILES string of the molecule is O=C1C2C3C=CC(C4CC34)C2C(=O)N1CN(C(=O)c1ccc(Cl)c(Cl)c1)c1ccc(F)cc1. The van der Waals surface area contributed by atoms with Crippen molar-refractivity contribution < 1.29 is 18.8 Å². The van der Waals surface area contributed by atoms with Crippen LogP contribution in [-0.4, -0.2) is 29.3 Å². The molecule has 33 heavy (non-hydrogen) atoms. The van der Waals surface area contributed by atoms with Gasteiger partial charge in [0.1, 0.15) is 12.5 Å². The van der Waals surface area contributed by atoms with E-state index < -0.39 is 11.7 Å². The van der Waals surface area contributed by atoms with Crippen LogP contribution in [0.25, 0.3) is 0 Å². The number of benzene rings is 2. The summed E-state index contributed by atoms with van der Waals surface area (Å²) in [5, 5.41) is 0.514. The summed E-state index contributed by atoms with van der Waals surface area (Å²) in [5.74, 6) is -0.937. The average Bonchev–Trinajstić information content (AvgIpc) is 3.59. The van der Waals surface area contributed by atoms with Gasteiger partial charge in [-0.1, -0.05) is 35.4 Å². The monoisotopic (exact) mass is 484 g/mol. The Morgan fingerprint density at radius 1 is 0.939 bits per heavy atom. The predicted octanol–water partition coefficient (Wildman–Crippen LogP) is 4.79. The largest absolute Gasteiger partial charge is 0.290 e. The fourth-order valence-corrected chi connectivity index (χ4v) is 6.27. The Hall–Kier alpha value is -2.70. The van der Waals surface area contributed by atoms with Crippen LogP contribution >= 0.6 is 23.2 Å². The molecule has 0 N–H and O–H groups in total. The molecule has 6 unspecified atom stereocenters. The van der Waals surface area contributed by atoms with Crippen LogP contribution in [-0.2, 0) is 9.59 Å². The van der Waals surface area contributed by atoms with Gasteiger partial charge in [0.2, 0.25) is 11.8 Å². The summed E-state index contributed by atoms with van der Waals surface area (Å²) in [5.41, 5.74) is 0.611. The molecular formula is C25H19Cl2FN2O3. The van der Waals surface area contributed by atoms with E-state index in [1.165, 1.54) is 52.3 Å². The molecule has 2 aromatic rings. The first-order chi connectivity index (χ1) is 15.8. The highest BCUT2D eigenvalue weighted by Crippen LogP contribution is 2.65. The molecule has 2 aromatic carbocycles. The van der Waals surface area contributed by atoms with E-state index in [-0.39, 0.29) is 52.7 Å². The molecule has 3 amide bonds. The molecule has 0 radical (unpaired) electrons. The number of amides is 3. The van der Waals surface area contributed by atoms with Crippen molar-refractivity contribution in [3.63, 3.8) is 0 Å². The number of nitrogens with zero attached hydrogens (tertiary/aromatic N) is 2. The topological polar surface area (TPSA) is 57.7 Å². The van der Waals surface area contributed by atoms with Crippen LogP contribution < -0.4 is 4.90 Å². The molecule has 2 saturated carbocycles. The number of anilines is 1. The first-order valence-electron chi connectivity index (χ1n) is 10.9. The highest BCUT2D eigenvalue weighted by atomic mass is 35.5. The number of carbonyl (C=O) groups excluding carboxylic acids is 3. The van der Waals surface area contributed by atoms with Crippen LogP contribution in [0.15, 0.2) is 54.6 Å². The van der Waals surface area contributed by atoms with E-state index >= 15 is 0 Å². The maximum Gasteiger partial charge on any atom is 0.259 e. The number of hydrogen-bond donors (Lipinski definition) is 0. The summed E-state index contributed by atoms with van der Waals surface area (Å²) in [6.45, 7) is -0.246. The molecule has 2 bridgehead atoms. The first kappa shape index (κ1) is 20.9. The van der Waals surface area contributed by atoms with E-state index in [1.807, 2.05) is 0 Å². The molecule has 3 fully saturated rings. The van der Waals surface area contributed by atoms with Gasteiger partial charge in [-0.15, -0.1) is 0 Å². The van der Waals surface area contributed by atoms with E-state index in [0.717, 1.165) is 6.42 Å². The zero-order valence-corrected chi connectivity index (χ0v) is 18.8. The Labute approximate surface area is 199 Å². The summed E-state index contributed by atoms with van der Waals surface area (Å²) in [7, 11) is 0. The number of halogens is 3. The number of imide groups is 1. The predicted molar refractivity (Wildman–Crippen MR) is 121 cm³/mol. The summed E-state index contributed by atoms with van der Waals surface area (Å²) in [4.78, 5) is 42.8. The second-order valence-corrected chi connectivity index (χ2v) is 10.1. The Morgan fingerprint density at radius 3 is 2.12 bits per heavy atom. The van der Waals surface area contributed by atoms with Gasteiger partial charge in [-0.05, 0) is 72.6 Å². The van der Waals surface area contributed by atoms with Crippen LogP contribution in [0.1, 0.15) is 16.8 Å². The number of hydrogen-bond acceptors (Lipinski definition) is 3. The summed E-state index contributed by atoms with van der Waals surface area (Å²) >= 11 is 12.1. The van der Waals surface area contributed by atoms with Gasteiger partial charge in [0, 0.05) is 11.3 Å². The molecule has 5 aliphatic rings. The molecule has 0 spiro atoms. The van der Waals surface area contributed by atoms with Crippen LogP contribution in [0.5, 0.6) is 0 Å². The van der Waals surface area contributed by atoms with Gasteiger partial charge in [-0.2, -0.15) is 0 Å². The van der Waals surface area contributed by atoms with E-state index in [0.29, 0.717) is 22.5 Å². The molecule has 5 nitrogen and oxygen atoms in total. The van der Waals surface area contributed by atoms with Gasteiger partial charge in [0.05, 0.1) is 21.9 Å². The minimum absolute atomic E-state index is 0.0940. The zero-order valence-electron chi connectivity index (χ0n) is 17.3. The third-order valence-electron chi connectivity index (χ3n) is 7.59. The maximum atomic E-state index is 13.6. The highest BCUT2D eigenvalue weighted by molar-refractivity contribution is 6.42. The van der Waals surface area contributed by atoms with Crippen molar-refractivity contribution in [3.8, 4) is 0 Å². The summed E-state index contributed by atoms with van der Waals surface area (Å²) < 4.78 is 13.6. The highest BCUT2D eigenvalue weighted by Gasteiger charge is 2.67. The van der Waals surface area contributed by atoms with Crippen molar-refractivity contribution in [2.24, 2.45) is 35.5 Å². The Bertz CT molecular complexity index is 1190. The molecule has 1 aliphatic heterocycles. The van der Waals surface area contributed by atoms with Gasteiger partial charge in [-0.25, -0.2) is 4.39 Å². The lowest BCUT2D eigenvalue weighted by Crippen LogP contribution is -2.45. The number of carbonyl (C=O) groups is 3. The van der Waals surface area contributed by atoms with Gasteiger partial charge in [-0.3, -0.25) is 24.2 Å². The second kappa shape index (κ2) is 7.40. The van der Waals surface area contributed by atoms with Crippen molar-refractivity contribution in [3.05, 3.63) is 76.0 Å². The van der Waals surface area contributed by atoms with Gasteiger partial charge >= 0.3 is 0 Å². The second-order valence-electron chi connectivity index (χ2n) is 9.24. The quantitative estimate of drug-likeness (QED) is 0.463. The third kappa shape index (κ3) is 3.15. The molecule has 8 heteroatoms. The standard InChI is InChI=1S/C25H19Cl2FN2O3/c26-19-8-1-12(9-20(19)27)23(31)29(14-4-2-13(28)3-5-14)11-30-24(32)21-15-6-7-16(18-10-17(15)18)22(21)25(30)33/h1-9,15-18,21-22H,10-11H2. The molecule has 1 saturated heterocycles. The maximum absolute atomic E-state index is 13.6. The smallest absolute Gasteiger partial charge is 0.259 e. The van der Waals surface area contributed by atoms with E-state index in [9.17, 15) is 18.8 Å². The van der Waals surface area contributed by atoms with Crippen molar-refractivity contribution in [2.75, 3.05) is 11.6 Å². The molecular weight excluding hydrogens is 466 g/mol. The van der Waals surface area contributed by atoms with Crippen LogP contribution in [0.2, 0.25) is 10.0 Å². The van der Waals surface area contributed by atoms with E-state index in [2.05, 4.69) is 12.2 Å². The number of rotatable bonds is 4. The minimum Gasteiger partial charge on any atom is -0.290 e. The molecule has 7 rings (SSSR count). The molecule has 6 atom stereocenters. The summed E-state index contributed by atoms with van der Waals surface area (Å²) in [6, 6.07) is 9.83. The Balaban J connectivity index is 1.34. The number of likely N-dealkylation sites (tertiary alicyclic amines) is 1.